The van der Waals surface area contributed by atoms with Gasteiger partial charge < -0.3 is 19.9 Å². The van der Waals surface area contributed by atoms with Gasteiger partial charge in [-0.3, -0.25) is 0 Å². The molecule has 0 aliphatic heterocycles. The zero-order valence-corrected chi connectivity index (χ0v) is 18.7. The standard InChI is InChI=1S/C22H36N2O4S/c1-4-27-19-8-9-20(14-19)28-22(26)23-12-5-13-24(15-17(2)3)29-21-10-6-18(16-25)7-11-21/h6-7,10-11,17,19-20,25H,4-5,8-9,12-16H2,1-3H3,(H,23,26)/t19?,20-/m1/s1. The number of rotatable bonds is 12. The molecule has 0 heterocycles. The summed E-state index contributed by atoms with van der Waals surface area (Å²) in [5.74, 6) is 0.554. The lowest BCUT2D eigenvalue weighted by molar-refractivity contribution is 0.0490. The van der Waals surface area contributed by atoms with E-state index in [4.69, 9.17) is 9.47 Å². The van der Waals surface area contributed by atoms with Crippen molar-refractivity contribution in [2.75, 3.05) is 26.2 Å². The number of benzene rings is 1. The molecule has 2 N–H and O–H groups in total. The van der Waals surface area contributed by atoms with E-state index in [1.165, 1.54) is 0 Å². The molecule has 1 fully saturated rings. The van der Waals surface area contributed by atoms with Gasteiger partial charge >= 0.3 is 6.09 Å². The predicted octanol–water partition coefficient (Wildman–Crippen LogP) is 4.22. The number of alkyl carbamates (subject to hydrolysis) is 1. The fraction of sp³-hybridized carbons (Fsp3) is 0.682. The van der Waals surface area contributed by atoms with Crippen LogP contribution in [0, 0.1) is 5.92 Å². The number of ether oxygens (including phenoxy) is 2. The van der Waals surface area contributed by atoms with E-state index in [1.807, 2.05) is 31.2 Å². The Kier molecular flexibility index (Phi) is 10.8. The van der Waals surface area contributed by atoms with Crippen LogP contribution in [0.4, 0.5) is 4.79 Å². The van der Waals surface area contributed by atoms with Crippen LogP contribution in [-0.4, -0.2) is 54.0 Å². The molecular formula is C22H36N2O4S. The van der Waals surface area contributed by atoms with Crippen molar-refractivity contribution in [2.45, 2.75) is 70.2 Å². The van der Waals surface area contributed by atoms with E-state index < -0.39 is 0 Å². The highest BCUT2D eigenvalue weighted by Crippen LogP contribution is 2.25. The van der Waals surface area contributed by atoms with Crippen molar-refractivity contribution >= 4 is 18.0 Å². The maximum Gasteiger partial charge on any atom is 0.407 e. The fourth-order valence-corrected chi connectivity index (χ4v) is 4.57. The minimum absolute atomic E-state index is 0.0264. The number of nitrogens with one attached hydrogen (secondary N) is 1. The Morgan fingerprint density at radius 1 is 1.28 bits per heavy atom. The highest BCUT2D eigenvalue weighted by atomic mass is 32.2. The van der Waals surface area contributed by atoms with E-state index in [9.17, 15) is 9.90 Å². The number of aliphatic hydroxyl groups is 1. The van der Waals surface area contributed by atoms with Gasteiger partial charge in [0.05, 0.1) is 12.7 Å². The first-order valence-corrected chi connectivity index (χ1v) is 11.5. The highest BCUT2D eigenvalue weighted by molar-refractivity contribution is 7.97. The van der Waals surface area contributed by atoms with Crippen LogP contribution < -0.4 is 5.32 Å². The van der Waals surface area contributed by atoms with Crippen molar-refractivity contribution in [2.24, 2.45) is 5.92 Å². The second-order valence-corrected chi connectivity index (χ2v) is 9.04. The first-order chi connectivity index (χ1) is 14.0. The normalized spacial score (nSPS) is 19.1. The van der Waals surface area contributed by atoms with Crippen molar-refractivity contribution in [1.82, 2.24) is 9.62 Å². The number of hydrogen-bond donors (Lipinski definition) is 2. The molecule has 7 heteroatoms. The van der Waals surface area contributed by atoms with Crippen LogP contribution in [0.3, 0.4) is 0 Å². The summed E-state index contributed by atoms with van der Waals surface area (Å²) in [6, 6.07) is 7.98. The monoisotopic (exact) mass is 424 g/mol. The summed E-state index contributed by atoms with van der Waals surface area (Å²) in [6.07, 6.45) is 3.38. The summed E-state index contributed by atoms with van der Waals surface area (Å²) in [5.41, 5.74) is 0.919. The van der Waals surface area contributed by atoms with Gasteiger partial charge in [0.15, 0.2) is 0 Å². The number of nitrogens with zero attached hydrogens (tertiary/aromatic N) is 1. The summed E-state index contributed by atoms with van der Waals surface area (Å²) in [7, 11) is 0. The fourth-order valence-electron chi connectivity index (χ4n) is 3.42. The van der Waals surface area contributed by atoms with E-state index in [1.54, 1.807) is 11.9 Å². The minimum Gasteiger partial charge on any atom is -0.446 e. The summed E-state index contributed by atoms with van der Waals surface area (Å²) in [4.78, 5) is 13.2. The quantitative estimate of drug-likeness (QED) is 0.387. The lowest BCUT2D eigenvalue weighted by atomic mass is 10.2. The Bertz CT molecular complexity index is 597. The molecule has 1 saturated carbocycles. The van der Waals surface area contributed by atoms with Crippen LogP contribution in [0.2, 0.25) is 0 Å². The zero-order chi connectivity index (χ0) is 21.1. The predicted molar refractivity (Wildman–Crippen MR) is 117 cm³/mol. The van der Waals surface area contributed by atoms with Crippen molar-refractivity contribution in [3.63, 3.8) is 0 Å². The maximum atomic E-state index is 12.0. The maximum absolute atomic E-state index is 12.0. The zero-order valence-electron chi connectivity index (χ0n) is 17.9. The molecule has 2 atom stereocenters. The highest BCUT2D eigenvalue weighted by Gasteiger charge is 2.27. The van der Waals surface area contributed by atoms with E-state index in [2.05, 4.69) is 23.5 Å². The molecule has 164 valence electrons. The van der Waals surface area contributed by atoms with Crippen molar-refractivity contribution in [3.8, 4) is 0 Å². The Hall–Kier alpha value is -1.28. The smallest absolute Gasteiger partial charge is 0.407 e. The third kappa shape index (κ3) is 9.38. The number of carbonyl (C=O) groups excluding carboxylic acids is 1. The second-order valence-electron chi connectivity index (χ2n) is 7.87. The lowest BCUT2D eigenvalue weighted by Crippen LogP contribution is -2.31. The van der Waals surface area contributed by atoms with E-state index >= 15 is 0 Å². The average molecular weight is 425 g/mol. The number of carbonyl (C=O) groups is 1. The molecule has 6 nitrogen and oxygen atoms in total. The van der Waals surface area contributed by atoms with Crippen LogP contribution in [0.1, 0.15) is 52.0 Å². The SMILES string of the molecule is CCOC1CC[C@@H](OC(=O)NCCCN(CC(C)C)Sc2ccc(CO)cc2)C1. The van der Waals surface area contributed by atoms with Crippen LogP contribution in [0.25, 0.3) is 0 Å². The van der Waals surface area contributed by atoms with Gasteiger partial charge in [-0.25, -0.2) is 9.10 Å². The Morgan fingerprint density at radius 3 is 2.66 bits per heavy atom. The van der Waals surface area contributed by atoms with Gasteiger partial charge in [-0.2, -0.15) is 0 Å². The summed E-state index contributed by atoms with van der Waals surface area (Å²) in [6.45, 7) is 9.61. The average Bonchev–Trinajstić information content (AvgIpc) is 3.12. The third-order valence-electron chi connectivity index (χ3n) is 4.78. The minimum atomic E-state index is -0.324. The molecule has 1 aromatic carbocycles. The number of aliphatic hydroxyl groups excluding tert-OH is 1. The first-order valence-electron chi connectivity index (χ1n) is 10.7. The molecule has 0 spiro atoms. The number of hydrogen-bond acceptors (Lipinski definition) is 6. The van der Waals surface area contributed by atoms with Gasteiger partial charge in [0.1, 0.15) is 6.10 Å². The second kappa shape index (κ2) is 13.1. The van der Waals surface area contributed by atoms with Gasteiger partial charge in [0.25, 0.3) is 0 Å². The molecule has 1 aliphatic carbocycles. The Balaban J connectivity index is 1.68. The molecular weight excluding hydrogens is 388 g/mol. The van der Waals surface area contributed by atoms with Gasteiger partial charge in [-0.1, -0.05) is 26.0 Å². The third-order valence-corrected chi connectivity index (χ3v) is 5.85. The van der Waals surface area contributed by atoms with Crippen LogP contribution in [0.5, 0.6) is 0 Å². The molecule has 1 aliphatic rings. The molecule has 1 aromatic rings. The van der Waals surface area contributed by atoms with Gasteiger partial charge in [-0.15, -0.1) is 0 Å². The lowest BCUT2D eigenvalue weighted by Gasteiger charge is -2.23. The molecule has 29 heavy (non-hydrogen) atoms. The van der Waals surface area contributed by atoms with Crippen molar-refractivity contribution in [1.29, 1.82) is 0 Å². The van der Waals surface area contributed by atoms with Crippen molar-refractivity contribution in [3.05, 3.63) is 29.8 Å². The van der Waals surface area contributed by atoms with Gasteiger partial charge in [-0.05, 0) is 61.7 Å². The van der Waals surface area contributed by atoms with Gasteiger partial charge in [0.2, 0.25) is 0 Å². The molecule has 1 unspecified atom stereocenters. The molecule has 2 rings (SSSR count). The molecule has 0 aromatic heterocycles. The Labute approximate surface area is 179 Å². The molecule has 0 saturated heterocycles. The topological polar surface area (TPSA) is 71.0 Å². The molecule has 0 bridgehead atoms. The van der Waals surface area contributed by atoms with E-state index in [0.29, 0.717) is 19.1 Å². The van der Waals surface area contributed by atoms with Crippen LogP contribution >= 0.6 is 11.9 Å². The summed E-state index contributed by atoms with van der Waals surface area (Å²) < 4.78 is 13.4. The molecule has 0 radical (unpaired) electrons. The number of amides is 1. The largest absolute Gasteiger partial charge is 0.446 e. The van der Waals surface area contributed by atoms with Gasteiger partial charge in [0, 0.05) is 37.6 Å². The van der Waals surface area contributed by atoms with Crippen LogP contribution in [-0.2, 0) is 16.1 Å². The Morgan fingerprint density at radius 2 is 2.00 bits per heavy atom. The molecule has 1 amide bonds. The van der Waals surface area contributed by atoms with E-state index in [0.717, 1.165) is 49.2 Å². The summed E-state index contributed by atoms with van der Waals surface area (Å²) >= 11 is 1.72. The van der Waals surface area contributed by atoms with Crippen molar-refractivity contribution < 1.29 is 19.4 Å². The van der Waals surface area contributed by atoms with E-state index in [-0.39, 0.29) is 24.9 Å². The summed E-state index contributed by atoms with van der Waals surface area (Å²) in [5, 5.41) is 12.1. The van der Waals surface area contributed by atoms with Crippen LogP contribution in [0.15, 0.2) is 29.2 Å². The first kappa shape index (κ1) is 24.0.